The monoisotopic (exact) mass is 288 g/mol. The number of rotatable bonds is 9. The summed E-state index contributed by atoms with van der Waals surface area (Å²) in [5, 5.41) is -0.161. The highest BCUT2D eigenvalue weighted by molar-refractivity contribution is 6.70. The highest BCUT2D eigenvalue weighted by atomic mass is 28.4. The highest BCUT2D eigenvalue weighted by Crippen LogP contribution is 2.40. The summed E-state index contributed by atoms with van der Waals surface area (Å²) in [6.07, 6.45) is 6.71. The molecule has 0 spiro atoms. The van der Waals surface area contributed by atoms with Crippen molar-refractivity contribution in [3.8, 4) is 0 Å². The SMILES string of the molecule is CCCOC1(C)CCCC[Si]1(OCCC)OCCC. The van der Waals surface area contributed by atoms with Gasteiger partial charge in [0.2, 0.25) is 0 Å². The van der Waals surface area contributed by atoms with Crippen molar-refractivity contribution in [3.63, 3.8) is 0 Å². The molecule has 19 heavy (non-hydrogen) atoms. The normalized spacial score (nSPS) is 26.5. The third-order valence-electron chi connectivity index (χ3n) is 3.92. The number of hydrogen-bond acceptors (Lipinski definition) is 3. The smallest absolute Gasteiger partial charge is 0.371 e. The van der Waals surface area contributed by atoms with Gasteiger partial charge in [0, 0.05) is 19.8 Å². The van der Waals surface area contributed by atoms with Gasteiger partial charge in [-0.2, -0.15) is 0 Å². The molecule has 1 aliphatic heterocycles. The van der Waals surface area contributed by atoms with E-state index in [1.54, 1.807) is 0 Å². The summed E-state index contributed by atoms with van der Waals surface area (Å²) in [7, 11) is -2.24. The van der Waals surface area contributed by atoms with E-state index in [4.69, 9.17) is 13.6 Å². The first-order chi connectivity index (χ1) is 9.14. The zero-order valence-electron chi connectivity index (χ0n) is 13.3. The first kappa shape index (κ1) is 17.1. The van der Waals surface area contributed by atoms with Crippen molar-refractivity contribution in [1.29, 1.82) is 0 Å². The van der Waals surface area contributed by atoms with Crippen molar-refractivity contribution in [2.75, 3.05) is 19.8 Å². The Labute approximate surface area is 120 Å². The van der Waals surface area contributed by atoms with E-state index in [0.717, 1.165) is 51.5 Å². The molecule has 1 aliphatic rings. The Morgan fingerprint density at radius 2 is 1.47 bits per heavy atom. The van der Waals surface area contributed by atoms with Gasteiger partial charge in [-0.05, 0) is 38.7 Å². The second-order valence-corrected chi connectivity index (χ2v) is 9.38. The van der Waals surface area contributed by atoms with Gasteiger partial charge in [-0.1, -0.05) is 33.6 Å². The molecule has 1 unspecified atom stereocenters. The quantitative estimate of drug-likeness (QED) is 0.595. The van der Waals surface area contributed by atoms with E-state index >= 15 is 0 Å². The van der Waals surface area contributed by atoms with Crippen molar-refractivity contribution < 1.29 is 13.6 Å². The molecule has 4 heteroatoms. The van der Waals surface area contributed by atoms with Crippen molar-refractivity contribution in [1.82, 2.24) is 0 Å². The van der Waals surface area contributed by atoms with Crippen LogP contribution in [0.4, 0.5) is 0 Å². The minimum Gasteiger partial charge on any atom is -0.393 e. The van der Waals surface area contributed by atoms with Gasteiger partial charge >= 0.3 is 8.56 Å². The fourth-order valence-electron chi connectivity index (χ4n) is 2.81. The number of hydrogen-bond donors (Lipinski definition) is 0. The topological polar surface area (TPSA) is 27.7 Å². The predicted octanol–water partition coefficient (Wildman–Crippen LogP) is 4.19. The average molecular weight is 289 g/mol. The third-order valence-corrected chi connectivity index (χ3v) is 8.28. The first-order valence-corrected chi connectivity index (χ1v) is 10.1. The molecule has 0 bridgehead atoms. The van der Waals surface area contributed by atoms with Crippen LogP contribution < -0.4 is 0 Å². The van der Waals surface area contributed by atoms with Gasteiger partial charge in [0.15, 0.2) is 0 Å². The molecule has 0 aliphatic carbocycles. The Hall–Kier alpha value is 0.0969. The Morgan fingerprint density at radius 1 is 0.895 bits per heavy atom. The van der Waals surface area contributed by atoms with E-state index in [2.05, 4.69) is 27.7 Å². The molecule has 0 radical (unpaired) electrons. The lowest BCUT2D eigenvalue weighted by atomic mass is 10.1. The molecule has 1 atom stereocenters. The van der Waals surface area contributed by atoms with Crippen LogP contribution in [0.15, 0.2) is 0 Å². The lowest BCUT2D eigenvalue weighted by Crippen LogP contribution is -2.64. The molecule has 0 aromatic heterocycles. The maximum atomic E-state index is 6.33. The molecular weight excluding hydrogens is 256 g/mol. The van der Waals surface area contributed by atoms with E-state index in [9.17, 15) is 0 Å². The Bertz CT molecular complexity index is 240. The van der Waals surface area contributed by atoms with Crippen LogP contribution in [0.5, 0.6) is 0 Å². The zero-order chi connectivity index (χ0) is 14.2. The van der Waals surface area contributed by atoms with Gasteiger partial charge in [0.05, 0.1) is 0 Å². The molecule has 1 rings (SSSR count). The van der Waals surface area contributed by atoms with Crippen molar-refractivity contribution in [2.24, 2.45) is 0 Å². The van der Waals surface area contributed by atoms with E-state index in [-0.39, 0.29) is 5.22 Å². The minimum atomic E-state index is -2.24. The van der Waals surface area contributed by atoms with E-state index in [1.807, 2.05) is 0 Å². The second kappa shape index (κ2) is 8.40. The van der Waals surface area contributed by atoms with Crippen LogP contribution >= 0.6 is 0 Å². The van der Waals surface area contributed by atoms with Crippen LogP contribution in [0.2, 0.25) is 6.04 Å². The molecule has 0 aromatic carbocycles. The summed E-state index contributed by atoms with van der Waals surface area (Å²) in [5.74, 6) is 0. The Morgan fingerprint density at radius 3 is 2.00 bits per heavy atom. The molecule has 1 heterocycles. The summed E-state index contributed by atoms with van der Waals surface area (Å²) in [5.41, 5.74) is 0. The van der Waals surface area contributed by atoms with Crippen molar-refractivity contribution in [2.45, 2.75) is 77.5 Å². The molecule has 1 saturated heterocycles. The van der Waals surface area contributed by atoms with E-state index in [1.165, 1.54) is 12.8 Å². The average Bonchev–Trinajstić information content (AvgIpc) is 2.43. The molecule has 0 saturated carbocycles. The number of ether oxygens (including phenoxy) is 1. The fraction of sp³-hybridized carbons (Fsp3) is 1.00. The van der Waals surface area contributed by atoms with Gasteiger partial charge in [-0.3, -0.25) is 0 Å². The van der Waals surface area contributed by atoms with Gasteiger partial charge < -0.3 is 13.6 Å². The molecule has 1 fully saturated rings. The summed E-state index contributed by atoms with van der Waals surface area (Å²) >= 11 is 0. The van der Waals surface area contributed by atoms with E-state index < -0.39 is 8.56 Å². The van der Waals surface area contributed by atoms with Crippen LogP contribution in [-0.2, 0) is 13.6 Å². The highest BCUT2D eigenvalue weighted by Gasteiger charge is 2.57. The minimum absolute atomic E-state index is 0.161. The second-order valence-electron chi connectivity index (χ2n) is 5.74. The predicted molar refractivity (Wildman–Crippen MR) is 81.5 cm³/mol. The standard InChI is InChI=1S/C15H32O3Si/c1-5-11-16-15(4)10-8-9-14-19(15,17-12-6-2)18-13-7-3/h5-14H2,1-4H3. The van der Waals surface area contributed by atoms with Gasteiger partial charge in [0.25, 0.3) is 0 Å². The van der Waals surface area contributed by atoms with Gasteiger partial charge in [0.1, 0.15) is 5.22 Å². The molecule has 0 N–H and O–H groups in total. The van der Waals surface area contributed by atoms with Crippen LogP contribution in [0.1, 0.15) is 66.2 Å². The summed E-state index contributed by atoms with van der Waals surface area (Å²) < 4.78 is 18.9. The molecule has 0 aromatic rings. The van der Waals surface area contributed by atoms with Crippen LogP contribution in [-0.4, -0.2) is 33.6 Å². The van der Waals surface area contributed by atoms with E-state index in [0.29, 0.717) is 0 Å². The fourth-order valence-corrected chi connectivity index (χ4v) is 6.98. The van der Waals surface area contributed by atoms with Crippen LogP contribution in [0.3, 0.4) is 0 Å². The Balaban J connectivity index is 2.84. The van der Waals surface area contributed by atoms with Crippen molar-refractivity contribution >= 4 is 8.56 Å². The maximum absolute atomic E-state index is 6.33. The van der Waals surface area contributed by atoms with Crippen molar-refractivity contribution in [3.05, 3.63) is 0 Å². The maximum Gasteiger partial charge on any atom is 0.371 e. The summed E-state index contributed by atoms with van der Waals surface area (Å²) in [4.78, 5) is 0. The Kier molecular flexibility index (Phi) is 7.58. The zero-order valence-corrected chi connectivity index (χ0v) is 14.3. The van der Waals surface area contributed by atoms with Crippen LogP contribution in [0, 0.1) is 0 Å². The summed E-state index contributed by atoms with van der Waals surface area (Å²) in [6.45, 7) is 11.1. The first-order valence-electron chi connectivity index (χ1n) is 8.06. The lowest BCUT2D eigenvalue weighted by Gasteiger charge is -2.47. The molecule has 114 valence electrons. The third kappa shape index (κ3) is 4.28. The summed E-state index contributed by atoms with van der Waals surface area (Å²) in [6, 6.07) is 1.09. The largest absolute Gasteiger partial charge is 0.393 e. The molecule has 0 amide bonds. The van der Waals surface area contributed by atoms with Crippen LogP contribution in [0.25, 0.3) is 0 Å². The van der Waals surface area contributed by atoms with Gasteiger partial charge in [-0.15, -0.1) is 0 Å². The molecule has 3 nitrogen and oxygen atoms in total. The lowest BCUT2D eigenvalue weighted by molar-refractivity contribution is -0.0355. The van der Waals surface area contributed by atoms with Gasteiger partial charge in [-0.25, -0.2) is 0 Å². The molecular formula is C15H32O3Si.